The molecule has 1 fully saturated rings. The summed E-state index contributed by atoms with van der Waals surface area (Å²) in [5, 5.41) is 21.0. The minimum Gasteiger partial charge on any atom is -0.386 e. The SMILES string of the molecule is C#CC1(O)C(O)[C@@H](COP(=O)(O)OP(=O)(O)OP(=O)(O)O)O[C@H]1n1c(C)cc(=O)[nH]c1=O. The average Bonchev–Trinajstić information content (AvgIpc) is 2.81. The molecule has 1 aliphatic rings. The first-order valence-corrected chi connectivity index (χ1v) is 12.6. The van der Waals surface area contributed by atoms with E-state index in [9.17, 15) is 38.4 Å². The molecule has 6 atom stereocenters. The molecule has 1 aliphatic heterocycles. The summed E-state index contributed by atoms with van der Waals surface area (Å²) >= 11 is 0. The number of phosphoric acid groups is 3. The summed E-state index contributed by atoms with van der Waals surface area (Å²) in [6, 6.07) is 0.952. The van der Waals surface area contributed by atoms with Gasteiger partial charge < -0.3 is 34.5 Å². The van der Waals surface area contributed by atoms with E-state index < -0.39 is 65.4 Å². The van der Waals surface area contributed by atoms with Gasteiger partial charge in [-0.15, -0.1) is 6.42 Å². The highest BCUT2D eigenvalue weighted by Crippen LogP contribution is 2.66. The van der Waals surface area contributed by atoms with E-state index in [0.717, 1.165) is 6.07 Å². The van der Waals surface area contributed by atoms with Gasteiger partial charge in [-0.2, -0.15) is 8.62 Å². The molecule has 1 aromatic rings. The second-order valence-corrected chi connectivity index (χ2v) is 10.7. The molecule has 17 nitrogen and oxygen atoms in total. The number of terminal acetylenes is 1. The molecule has 0 saturated carbocycles. The maximum atomic E-state index is 12.1. The van der Waals surface area contributed by atoms with Gasteiger partial charge in [0, 0.05) is 11.8 Å². The van der Waals surface area contributed by atoms with Crippen LogP contribution in [0.2, 0.25) is 0 Å². The van der Waals surface area contributed by atoms with Crippen LogP contribution in [0.15, 0.2) is 15.7 Å². The van der Waals surface area contributed by atoms with E-state index >= 15 is 0 Å². The highest BCUT2D eigenvalue weighted by Gasteiger charge is 2.57. The van der Waals surface area contributed by atoms with Crippen molar-refractivity contribution in [3.8, 4) is 12.3 Å². The maximum Gasteiger partial charge on any atom is 0.490 e. The highest BCUT2D eigenvalue weighted by atomic mass is 31.3. The monoisotopic (exact) mass is 522 g/mol. The van der Waals surface area contributed by atoms with Crippen molar-refractivity contribution in [1.29, 1.82) is 0 Å². The molecule has 2 heterocycles. The molecular formula is C12H17N2O15P3. The average molecular weight is 522 g/mol. The minimum absolute atomic E-state index is 0.0434. The fourth-order valence-corrected chi connectivity index (χ4v) is 5.73. The van der Waals surface area contributed by atoms with E-state index in [0.29, 0.717) is 4.57 Å². The fourth-order valence-electron chi connectivity index (χ4n) is 2.70. The molecule has 20 heteroatoms. The molecule has 4 unspecified atom stereocenters. The van der Waals surface area contributed by atoms with Crippen LogP contribution in [0, 0.1) is 19.3 Å². The van der Waals surface area contributed by atoms with Gasteiger partial charge in [0.05, 0.1) is 6.61 Å². The number of aliphatic hydroxyl groups excluding tert-OH is 1. The van der Waals surface area contributed by atoms with Crippen LogP contribution in [0.3, 0.4) is 0 Å². The van der Waals surface area contributed by atoms with E-state index in [1.54, 1.807) is 0 Å². The smallest absolute Gasteiger partial charge is 0.386 e. The lowest BCUT2D eigenvalue weighted by Crippen LogP contribution is -2.48. The van der Waals surface area contributed by atoms with Gasteiger partial charge in [-0.3, -0.25) is 18.9 Å². The first-order valence-electron chi connectivity index (χ1n) is 8.05. The number of nitrogens with one attached hydrogen (secondary N) is 1. The number of rotatable bonds is 8. The predicted molar refractivity (Wildman–Crippen MR) is 99.6 cm³/mol. The van der Waals surface area contributed by atoms with E-state index in [-0.39, 0.29) is 5.69 Å². The lowest BCUT2D eigenvalue weighted by Gasteiger charge is -2.27. The van der Waals surface area contributed by atoms with E-state index in [1.807, 2.05) is 10.9 Å². The van der Waals surface area contributed by atoms with Crippen LogP contribution >= 0.6 is 23.5 Å². The number of ether oxygens (including phenoxy) is 1. The van der Waals surface area contributed by atoms with Crippen LogP contribution < -0.4 is 11.2 Å². The van der Waals surface area contributed by atoms with Gasteiger partial charge in [-0.05, 0) is 6.92 Å². The van der Waals surface area contributed by atoms with Crippen molar-refractivity contribution in [3.05, 3.63) is 32.6 Å². The Morgan fingerprint density at radius 3 is 2.31 bits per heavy atom. The van der Waals surface area contributed by atoms with Crippen LogP contribution in [0.5, 0.6) is 0 Å². The number of phosphoric ester groups is 1. The number of nitrogens with zero attached hydrogens (tertiary/aromatic N) is 1. The molecule has 1 aromatic heterocycles. The van der Waals surface area contributed by atoms with E-state index in [1.165, 1.54) is 6.92 Å². The largest absolute Gasteiger partial charge is 0.490 e. The molecular weight excluding hydrogens is 505 g/mol. The predicted octanol–water partition coefficient (Wildman–Crippen LogP) is -2.19. The molecule has 2 rings (SSSR count). The van der Waals surface area contributed by atoms with Gasteiger partial charge in [-0.25, -0.2) is 18.5 Å². The number of aromatic nitrogens is 2. The van der Waals surface area contributed by atoms with Crippen molar-refractivity contribution in [1.82, 2.24) is 9.55 Å². The summed E-state index contributed by atoms with van der Waals surface area (Å²) < 4.78 is 51.1. The molecule has 1 saturated heterocycles. The van der Waals surface area contributed by atoms with E-state index in [4.69, 9.17) is 25.8 Å². The van der Waals surface area contributed by atoms with Crippen LogP contribution in [0.1, 0.15) is 11.9 Å². The van der Waals surface area contributed by atoms with Crippen molar-refractivity contribution < 1.29 is 61.4 Å². The molecule has 7 N–H and O–H groups in total. The van der Waals surface area contributed by atoms with Crippen LogP contribution in [0.25, 0.3) is 0 Å². The summed E-state index contributed by atoms with van der Waals surface area (Å²) in [5.41, 5.74) is -4.51. The fraction of sp³-hybridized carbons (Fsp3) is 0.500. The lowest BCUT2D eigenvalue weighted by atomic mass is 9.95. The standard InChI is InChI=1S/C12H17N2O15P3/c1-3-12(18)9(16)7(27-10(12)14-6(2)4-8(15)13-11(14)17)5-26-31(22,23)29-32(24,25)28-30(19,20)21/h1,4,7,9-10,16,18H,5H2,2H3,(H,22,23)(H,24,25)(H,13,15,17)(H2,19,20,21)/t7-,9?,10-,12?/m1/s1. The Morgan fingerprint density at radius 2 is 1.81 bits per heavy atom. The molecule has 0 bridgehead atoms. The normalized spacial score (nSPS) is 29.8. The Kier molecular flexibility index (Phi) is 7.58. The van der Waals surface area contributed by atoms with Crippen LogP contribution in [-0.2, 0) is 31.6 Å². The quantitative estimate of drug-likeness (QED) is 0.141. The number of hydrogen-bond acceptors (Lipinski definition) is 11. The van der Waals surface area contributed by atoms with Crippen molar-refractivity contribution in [2.45, 2.75) is 31.0 Å². The Balaban J connectivity index is 2.24. The zero-order valence-electron chi connectivity index (χ0n) is 15.7. The van der Waals surface area contributed by atoms with Gasteiger partial charge in [0.25, 0.3) is 5.56 Å². The molecule has 180 valence electrons. The number of aromatic amines is 1. The highest BCUT2D eigenvalue weighted by molar-refractivity contribution is 7.66. The molecule has 0 aliphatic carbocycles. The van der Waals surface area contributed by atoms with Gasteiger partial charge in [0.2, 0.25) is 0 Å². The summed E-state index contributed by atoms with van der Waals surface area (Å²) in [6.07, 6.45) is -0.386. The number of aryl methyl sites for hydroxylation is 1. The summed E-state index contributed by atoms with van der Waals surface area (Å²) in [7, 11) is -17.0. The van der Waals surface area contributed by atoms with E-state index in [2.05, 4.69) is 13.1 Å². The second-order valence-electron chi connectivity index (χ2n) is 6.28. The Bertz CT molecular complexity index is 1180. The van der Waals surface area contributed by atoms with Gasteiger partial charge >= 0.3 is 29.2 Å². The second kappa shape index (κ2) is 9.05. The summed E-state index contributed by atoms with van der Waals surface area (Å²) in [6.45, 7) is 0.130. The first-order chi connectivity index (χ1) is 14.4. The van der Waals surface area contributed by atoms with Gasteiger partial charge in [-0.1, -0.05) is 5.92 Å². The maximum absolute atomic E-state index is 12.1. The van der Waals surface area contributed by atoms with Crippen LogP contribution in [0.4, 0.5) is 0 Å². The Morgan fingerprint density at radius 1 is 1.22 bits per heavy atom. The molecule has 0 amide bonds. The zero-order valence-corrected chi connectivity index (χ0v) is 18.4. The topological polar surface area (TPSA) is 264 Å². The molecule has 32 heavy (non-hydrogen) atoms. The molecule has 0 aromatic carbocycles. The minimum atomic E-state index is -5.79. The number of hydrogen-bond donors (Lipinski definition) is 7. The molecule has 0 radical (unpaired) electrons. The third kappa shape index (κ3) is 6.10. The first kappa shape index (κ1) is 26.8. The third-order valence-electron chi connectivity index (χ3n) is 3.94. The summed E-state index contributed by atoms with van der Waals surface area (Å²) in [5.74, 6) is 1.82. The lowest BCUT2D eigenvalue weighted by molar-refractivity contribution is -0.0771. The van der Waals surface area contributed by atoms with Crippen molar-refractivity contribution in [2.24, 2.45) is 0 Å². The van der Waals surface area contributed by atoms with Crippen LogP contribution in [-0.4, -0.2) is 63.8 Å². The Hall–Kier alpha value is -1.47. The van der Waals surface area contributed by atoms with Crippen molar-refractivity contribution >= 4 is 23.5 Å². The van der Waals surface area contributed by atoms with Crippen molar-refractivity contribution in [2.75, 3.05) is 6.61 Å². The van der Waals surface area contributed by atoms with Gasteiger partial charge in [0.1, 0.15) is 12.2 Å². The summed E-state index contributed by atoms with van der Waals surface area (Å²) in [4.78, 5) is 61.0. The zero-order chi connectivity index (χ0) is 24.7. The van der Waals surface area contributed by atoms with Gasteiger partial charge in [0.15, 0.2) is 11.8 Å². The third-order valence-corrected chi connectivity index (χ3v) is 7.74. The van der Waals surface area contributed by atoms with Crippen molar-refractivity contribution in [3.63, 3.8) is 0 Å². The molecule has 0 spiro atoms. The Labute approximate surface area is 177 Å². The number of aliphatic hydroxyl groups is 2. The number of H-pyrrole nitrogens is 1.